The van der Waals surface area contributed by atoms with Gasteiger partial charge in [0.2, 0.25) is 5.82 Å². The van der Waals surface area contributed by atoms with Crippen molar-refractivity contribution in [2.45, 2.75) is 16.5 Å². The molecular formula is C20H14ClN5O2S. The molecule has 2 heterocycles. The summed E-state index contributed by atoms with van der Waals surface area (Å²) in [6, 6.07) is 16.8. The van der Waals surface area contributed by atoms with Crippen LogP contribution in [0.3, 0.4) is 0 Å². The fourth-order valence-electron chi connectivity index (χ4n) is 2.81. The summed E-state index contributed by atoms with van der Waals surface area (Å²) in [6.45, 7) is 0.303. The average Bonchev–Trinajstić information content (AvgIpc) is 2.73. The molecule has 0 amide bonds. The van der Waals surface area contributed by atoms with Gasteiger partial charge in [-0.1, -0.05) is 59.8 Å². The van der Waals surface area contributed by atoms with Crippen molar-refractivity contribution >= 4 is 45.8 Å². The van der Waals surface area contributed by atoms with E-state index in [4.69, 9.17) is 11.6 Å². The zero-order valence-electron chi connectivity index (χ0n) is 14.9. The molecule has 9 heteroatoms. The summed E-state index contributed by atoms with van der Waals surface area (Å²) in [5, 5.41) is 16.6. The van der Waals surface area contributed by atoms with Gasteiger partial charge in [-0.15, -0.1) is 0 Å². The van der Waals surface area contributed by atoms with Crippen molar-refractivity contribution in [3.05, 3.63) is 87.8 Å². The van der Waals surface area contributed by atoms with Crippen LogP contribution in [0.5, 0.6) is 0 Å². The topological polar surface area (TPSA) is 93.8 Å². The van der Waals surface area contributed by atoms with Gasteiger partial charge in [-0.2, -0.15) is 0 Å². The fraction of sp³-hybridized carbons (Fsp3) is 0.0500. The van der Waals surface area contributed by atoms with Crippen molar-refractivity contribution in [1.82, 2.24) is 15.0 Å². The lowest BCUT2D eigenvalue weighted by Gasteiger charge is -2.10. The minimum Gasteiger partial charge on any atom is -0.360 e. The van der Waals surface area contributed by atoms with E-state index in [1.165, 1.54) is 18.1 Å². The number of nitrogens with zero attached hydrogens (tertiary/aromatic N) is 4. The molecule has 0 atom stereocenters. The molecule has 0 aliphatic rings. The molecule has 0 radical (unpaired) electrons. The van der Waals surface area contributed by atoms with Crippen molar-refractivity contribution in [2.24, 2.45) is 0 Å². The Morgan fingerprint density at radius 3 is 2.69 bits per heavy atom. The highest BCUT2D eigenvalue weighted by molar-refractivity contribution is 7.99. The Morgan fingerprint density at radius 1 is 1.03 bits per heavy atom. The smallest absolute Gasteiger partial charge is 0.343 e. The highest BCUT2D eigenvalue weighted by Crippen LogP contribution is 2.38. The molecule has 4 rings (SSSR count). The van der Waals surface area contributed by atoms with Crippen LogP contribution in [0.25, 0.3) is 10.9 Å². The maximum absolute atomic E-state index is 11.8. The number of rotatable bonds is 6. The molecule has 29 heavy (non-hydrogen) atoms. The maximum Gasteiger partial charge on any atom is 0.343 e. The Balaban J connectivity index is 1.68. The van der Waals surface area contributed by atoms with Gasteiger partial charge < -0.3 is 5.32 Å². The summed E-state index contributed by atoms with van der Waals surface area (Å²) in [7, 11) is 0. The standard InChI is InChI=1S/C20H14ClN5O2S/c21-15-8-2-1-5-14(15)11-23-19-18(26(27)28)20(25-12-24-19)29-16-9-3-6-13-7-4-10-22-17(13)16/h1-10,12H,11H2,(H,23,24,25). The van der Waals surface area contributed by atoms with Crippen LogP contribution >= 0.6 is 23.4 Å². The molecular weight excluding hydrogens is 410 g/mol. The van der Waals surface area contributed by atoms with Gasteiger partial charge in [0.1, 0.15) is 6.33 Å². The number of para-hydroxylation sites is 1. The number of aromatic nitrogens is 3. The minimum atomic E-state index is -0.476. The van der Waals surface area contributed by atoms with Gasteiger partial charge >= 0.3 is 5.69 Å². The van der Waals surface area contributed by atoms with Gasteiger partial charge in [0, 0.05) is 28.0 Å². The zero-order chi connectivity index (χ0) is 20.2. The second-order valence-electron chi connectivity index (χ2n) is 6.01. The molecule has 0 fully saturated rings. The molecule has 7 nitrogen and oxygen atoms in total. The number of nitrogens with one attached hydrogen (secondary N) is 1. The number of nitro groups is 1. The Labute approximate surface area is 175 Å². The van der Waals surface area contributed by atoms with E-state index in [0.29, 0.717) is 11.6 Å². The number of fused-ring (bicyclic) bond motifs is 1. The number of hydrogen-bond acceptors (Lipinski definition) is 7. The Morgan fingerprint density at radius 2 is 1.86 bits per heavy atom. The van der Waals surface area contributed by atoms with Gasteiger partial charge in [-0.3, -0.25) is 15.1 Å². The fourth-order valence-corrected chi connectivity index (χ4v) is 4.01. The van der Waals surface area contributed by atoms with Gasteiger partial charge in [0.05, 0.1) is 10.4 Å². The van der Waals surface area contributed by atoms with E-state index in [1.54, 1.807) is 12.3 Å². The van der Waals surface area contributed by atoms with Crippen molar-refractivity contribution in [3.63, 3.8) is 0 Å². The molecule has 4 aromatic rings. The molecule has 2 aromatic carbocycles. The second-order valence-corrected chi connectivity index (χ2v) is 7.45. The molecule has 144 valence electrons. The first-order valence-electron chi connectivity index (χ1n) is 8.62. The van der Waals surface area contributed by atoms with Crippen LogP contribution in [-0.2, 0) is 6.54 Å². The quantitative estimate of drug-likeness (QED) is 0.254. The third kappa shape index (κ3) is 4.13. The van der Waals surface area contributed by atoms with Crippen LogP contribution in [0.1, 0.15) is 5.56 Å². The lowest BCUT2D eigenvalue weighted by atomic mass is 10.2. The highest BCUT2D eigenvalue weighted by atomic mass is 35.5. The van der Waals surface area contributed by atoms with E-state index in [2.05, 4.69) is 20.3 Å². The van der Waals surface area contributed by atoms with Crippen molar-refractivity contribution in [3.8, 4) is 0 Å². The third-order valence-corrected chi connectivity index (χ3v) is 5.59. The van der Waals surface area contributed by atoms with Crippen molar-refractivity contribution < 1.29 is 4.92 Å². The molecule has 0 saturated carbocycles. The van der Waals surface area contributed by atoms with Crippen LogP contribution in [0.2, 0.25) is 5.02 Å². The van der Waals surface area contributed by atoms with Gasteiger partial charge in [-0.25, -0.2) is 9.97 Å². The summed E-state index contributed by atoms with van der Waals surface area (Å²) in [6.07, 6.45) is 3.00. The maximum atomic E-state index is 11.8. The lowest BCUT2D eigenvalue weighted by Crippen LogP contribution is -2.07. The molecule has 0 aliphatic carbocycles. The number of anilines is 1. The van der Waals surface area contributed by atoms with Crippen LogP contribution in [-0.4, -0.2) is 19.9 Å². The second kappa shape index (κ2) is 8.42. The number of hydrogen-bond donors (Lipinski definition) is 1. The molecule has 0 spiro atoms. The summed E-state index contributed by atoms with van der Waals surface area (Å²) in [5.74, 6) is 0.139. The molecule has 2 aromatic heterocycles. The monoisotopic (exact) mass is 423 g/mol. The van der Waals surface area contributed by atoms with E-state index in [-0.39, 0.29) is 16.5 Å². The number of benzene rings is 2. The first-order chi connectivity index (χ1) is 14.1. The van der Waals surface area contributed by atoms with Crippen LogP contribution < -0.4 is 5.32 Å². The molecule has 0 bridgehead atoms. The van der Waals surface area contributed by atoms with E-state index in [1.807, 2.05) is 48.5 Å². The molecule has 0 unspecified atom stereocenters. The summed E-state index contributed by atoms with van der Waals surface area (Å²) in [4.78, 5) is 24.7. The SMILES string of the molecule is O=[N+]([O-])c1c(NCc2ccccc2Cl)ncnc1Sc1cccc2cccnc12. The number of pyridine rings is 1. The van der Waals surface area contributed by atoms with E-state index in [0.717, 1.165) is 21.4 Å². The van der Waals surface area contributed by atoms with E-state index < -0.39 is 4.92 Å². The molecule has 0 aliphatic heterocycles. The van der Waals surface area contributed by atoms with Crippen LogP contribution in [0.15, 0.2) is 77.0 Å². The first-order valence-corrected chi connectivity index (χ1v) is 9.81. The van der Waals surface area contributed by atoms with Gasteiger partial charge in [0.25, 0.3) is 0 Å². The van der Waals surface area contributed by atoms with Gasteiger partial charge in [-0.05, 0) is 23.8 Å². The largest absolute Gasteiger partial charge is 0.360 e. The van der Waals surface area contributed by atoms with Crippen molar-refractivity contribution in [2.75, 3.05) is 5.32 Å². The lowest BCUT2D eigenvalue weighted by molar-refractivity contribution is -0.387. The zero-order valence-corrected chi connectivity index (χ0v) is 16.5. The summed E-state index contributed by atoms with van der Waals surface area (Å²) in [5.41, 5.74) is 1.39. The normalized spacial score (nSPS) is 10.8. The Bertz CT molecular complexity index is 1200. The summed E-state index contributed by atoms with van der Waals surface area (Å²) < 4.78 is 0. The van der Waals surface area contributed by atoms with Crippen LogP contribution in [0, 0.1) is 10.1 Å². The number of halogens is 1. The minimum absolute atomic E-state index is 0.139. The predicted octanol–water partition coefficient (Wildman–Crippen LogP) is 5.35. The van der Waals surface area contributed by atoms with E-state index >= 15 is 0 Å². The summed E-state index contributed by atoms with van der Waals surface area (Å²) >= 11 is 7.36. The predicted molar refractivity (Wildman–Crippen MR) is 113 cm³/mol. The highest BCUT2D eigenvalue weighted by Gasteiger charge is 2.24. The van der Waals surface area contributed by atoms with Crippen molar-refractivity contribution in [1.29, 1.82) is 0 Å². The van der Waals surface area contributed by atoms with Gasteiger partial charge in [0.15, 0.2) is 5.03 Å². The first kappa shape index (κ1) is 19.1. The van der Waals surface area contributed by atoms with E-state index in [9.17, 15) is 10.1 Å². The van der Waals surface area contributed by atoms with Crippen LogP contribution in [0.4, 0.5) is 11.5 Å². The Hall–Kier alpha value is -3.23. The Kier molecular flexibility index (Phi) is 5.55. The average molecular weight is 424 g/mol. The third-order valence-electron chi connectivity index (χ3n) is 4.18. The molecule has 1 N–H and O–H groups in total. The molecule has 0 saturated heterocycles.